The van der Waals surface area contributed by atoms with E-state index in [1.165, 1.54) is 4.90 Å². The molecule has 2 rings (SSSR count). The molecule has 0 aromatic heterocycles. The Hall–Kier alpha value is -2.08. The first-order valence-corrected chi connectivity index (χ1v) is 6.96. The van der Waals surface area contributed by atoms with Crippen molar-refractivity contribution in [1.29, 1.82) is 0 Å². The standard InChI is InChI=1S/C15H20N2O4/c1-3-11-5-4-6-13(7-11)21-10-12(18)8-17-14(19)9-16(2)15(17)20/h4-7,12,18H,3,8-10H2,1-2H3. The Morgan fingerprint density at radius 3 is 2.76 bits per heavy atom. The molecule has 0 saturated carbocycles. The summed E-state index contributed by atoms with van der Waals surface area (Å²) < 4.78 is 5.51. The van der Waals surface area contributed by atoms with Gasteiger partial charge < -0.3 is 14.7 Å². The molecule has 1 heterocycles. The number of carbonyl (C=O) groups is 2. The van der Waals surface area contributed by atoms with Crippen LogP contribution in [-0.2, 0) is 11.2 Å². The van der Waals surface area contributed by atoms with E-state index in [4.69, 9.17) is 4.74 Å². The van der Waals surface area contributed by atoms with Gasteiger partial charge in [-0.1, -0.05) is 19.1 Å². The monoisotopic (exact) mass is 292 g/mol. The van der Waals surface area contributed by atoms with Crippen molar-refractivity contribution in [2.45, 2.75) is 19.4 Å². The fourth-order valence-corrected chi connectivity index (χ4v) is 2.16. The lowest BCUT2D eigenvalue weighted by Gasteiger charge is -2.18. The van der Waals surface area contributed by atoms with Gasteiger partial charge in [-0.05, 0) is 24.1 Å². The fourth-order valence-electron chi connectivity index (χ4n) is 2.16. The van der Waals surface area contributed by atoms with Crippen LogP contribution >= 0.6 is 0 Å². The average Bonchev–Trinajstić information content (AvgIpc) is 2.72. The number of hydrogen-bond donors (Lipinski definition) is 1. The topological polar surface area (TPSA) is 70.1 Å². The Balaban J connectivity index is 1.86. The van der Waals surface area contributed by atoms with Crippen LogP contribution in [0.4, 0.5) is 4.79 Å². The van der Waals surface area contributed by atoms with E-state index in [1.54, 1.807) is 7.05 Å². The maximum Gasteiger partial charge on any atom is 0.327 e. The van der Waals surface area contributed by atoms with E-state index in [-0.39, 0.29) is 31.6 Å². The number of benzene rings is 1. The van der Waals surface area contributed by atoms with Gasteiger partial charge in [0.2, 0.25) is 5.91 Å². The molecule has 1 saturated heterocycles. The van der Waals surface area contributed by atoms with Crippen molar-refractivity contribution < 1.29 is 19.4 Å². The summed E-state index contributed by atoms with van der Waals surface area (Å²) in [5.41, 5.74) is 1.15. The van der Waals surface area contributed by atoms with Gasteiger partial charge in [0.15, 0.2) is 0 Å². The van der Waals surface area contributed by atoms with Crippen LogP contribution in [0.25, 0.3) is 0 Å². The van der Waals surface area contributed by atoms with E-state index in [2.05, 4.69) is 6.92 Å². The van der Waals surface area contributed by atoms with Gasteiger partial charge in [-0.2, -0.15) is 0 Å². The highest BCUT2D eigenvalue weighted by Crippen LogP contribution is 2.14. The molecule has 1 aromatic rings. The quantitative estimate of drug-likeness (QED) is 0.790. The molecular formula is C15H20N2O4. The van der Waals surface area contributed by atoms with Crippen LogP contribution < -0.4 is 4.74 Å². The van der Waals surface area contributed by atoms with E-state index >= 15 is 0 Å². The van der Waals surface area contributed by atoms with Gasteiger partial charge in [-0.15, -0.1) is 0 Å². The van der Waals surface area contributed by atoms with Crippen molar-refractivity contribution in [3.63, 3.8) is 0 Å². The van der Waals surface area contributed by atoms with Gasteiger partial charge in [0.1, 0.15) is 25.0 Å². The molecule has 0 spiro atoms. The Kier molecular flexibility index (Phi) is 4.80. The summed E-state index contributed by atoms with van der Waals surface area (Å²) >= 11 is 0. The first kappa shape index (κ1) is 15.3. The summed E-state index contributed by atoms with van der Waals surface area (Å²) in [4.78, 5) is 25.7. The van der Waals surface area contributed by atoms with Crippen LogP contribution in [0, 0.1) is 0 Å². The molecule has 1 aromatic carbocycles. The Labute approximate surface area is 123 Å². The fraction of sp³-hybridized carbons (Fsp3) is 0.467. The first-order chi connectivity index (χ1) is 10.0. The molecule has 1 N–H and O–H groups in total. The molecule has 1 fully saturated rings. The molecule has 6 heteroatoms. The zero-order chi connectivity index (χ0) is 15.4. The van der Waals surface area contributed by atoms with Gasteiger partial charge in [0.05, 0.1) is 6.54 Å². The molecule has 21 heavy (non-hydrogen) atoms. The van der Waals surface area contributed by atoms with E-state index in [0.29, 0.717) is 5.75 Å². The zero-order valence-electron chi connectivity index (χ0n) is 12.3. The third kappa shape index (κ3) is 3.72. The summed E-state index contributed by atoms with van der Waals surface area (Å²) in [6.07, 6.45) is -0.00208. The number of amides is 3. The van der Waals surface area contributed by atoms with Crippen LogP contribution in [0.5, 0.6) is 5.75 Å². The minimum Gasteiger partial charge on any atom is -0.491 e. The maximum atomic E-state index is 11.7. The zero-order valence-corrected chi connectivity index (χ0v) is 12.3. The van der Waals surface area contributed by atoms with Gasteiger partial charge in [0.25, 0.3) is 0 Å². The average molecular weight is 292 g/mol. The number of likely N-dealkylation sites (N-methyl/N-ethyl adjacent to an activating group) is 1. The van der Waals surface area contributed by atoms with Crippen molar-refractivity contribution in [1.82, 2.24) is 9.80 Å². The van der Waals surface area contributed by atoms with Crippen LogP contribution in [0.2, 0.25) is 0 Å². The molecule has 1 unspecified atom stereocenters. The van der Waals surface area contributed by atoms with E-state index < -0.39 is 6.10 Å². The van der Waals surface area contributed by atoms with Crippen LogP contribution in [0.1, 0.15) is 12.5 Å². The number of urea groups is 1. The van der Waals surface area contributed by atoms with E-state index in [0.717, 1.165) is 16.9 Å². The number of aryl methyl sites for hydroxylation is 1. The normalized spacial score (nSPS) is 16.5. The third-order valence-corrected chi connectivity index (χ3v) is 3.37. The smallest absolute Gasteiger partial charge is 0.327 e. The Morgan fingerprint density at radius 1 is 1.38 bits per heavy atom. The largest absolute Gasteiger partial charge is 0.491 e. The minimum absolute atomic E-state index is 0.0357. The highest BCUT2D eigenvalue weighted by molar-refractivity contribution is 6.01. The second-order valence-electron chi connectivity index (χ2n) is 5.11. The van der Waals surface area contributed by atoms with Crippen LogP contribution in [-0.4, -0.2) is 59.7 Å². The lowest BCUT2D eigenvalue weighted by Crippen LogP contribution is -2.40. The first-order valence-electron chi connectivity index (χ1n) is 6.96. The van der Waals surface area contributed by atoms with Crippen molar-refractivity contribution >= 4 is 11.9 Å². The Bertz CT molecular complexity index is 532. The highest BCUT2D eigenvalue weighted by Gasteiger charge is 2.34. The molecule has 3 amide bonds. The molecular weight excluding hydrogens is 272 g/mol. The van der Waals surface area contributed by atoms with E-state index in [1.807, 2.05) is 24.3 Å². The van der Waals surface area contributed by atoms with Crippen molar-refractivity contribution in [2.75, 3.05) is 26.7 Å². The summed E-state index contributed by atoms with van der Waals surface area (Å²) in [6.45, 7) is 2.10. The van der Waals surface area contributed by atoms with Crippen molar-refractivity contribution in [3.05, 3.63) is 29.8 Å². The lowest BCUT2D eigenvalue weighted by atomic mass is 10.2. The Morgan fingerprint density at radius 2 is 2.14 bits per heavy atom. The third-order valence-electron chi connectivity index (χ3n) is 3.37. The lowest BCUT2D eigenvalue weighted by molar-refractivity contribution is -0.126. The number of aliphatic hydroxyl groups is 1. The number of imide groups is 1. The van der Waals surface area contributed by atoms with Gasteiger partial charge >= 0.3 is 6.03 Å². The number of nitrogens with zero attached hydrogens (tertiary/aromatic N) is 2. The summed E-state index contributed by atoms with van der Waals surface area (Å²) in [6, 6.07) is 7.23. The number of hydrogen-bond acceptors (Lipinski definition) is 4. The summed E-state index contributed by atoms with van der Waals surface area (Å²) in [5.74, 6) is 0.374. The van der Waals surface area contributed by atoms with E-state index in [9.17, 15) is 14.7 Å². The van der Waals surface area contributed by atoms with Crippen molar-refractivity contribution in [3.8, 4) is 5.75 Å². The number of β-amino-alcohol motifs (C(OH)–C–C–N with tert-alkyl or cyclic N) is 1. The number of aliphatic hydroxyl groups excluding tert-OH is 1. The number of rotatable bonds is 6. The SMILES string of the molecule is CCc1cccc(OCC(O)CN2C(=O)CN(C)C2=O)c1. The van der Waals surface area contributed by atoms with Crippen LogP contribution in [0.3, 0.4) is 0 Å². The second kappa shape index (κ2) is 6.58. The predicted molar refractivity (Wildman–Crippen MR) is 77.1 cm³/mol. The summed E-state index contributed by atoms with van der Waals surface area (Å²) in [7, 11) is 1.55. The summed E-state index contributed by atoms with van der Waals surface area (Å²) in [5, 5.41) is 9.93. The van der Waals surface area contributed by atoms with Gasteiger partial charge in [-0.25, -0.2) is 4.79 Å². The second-order valence-corrected chi connectivity index (χ2v) is 5.11. The molecule has 0 aliphatic carbocycles. The minimum atomic E-state index is -0.908. The predicted octanol–water partition coefficient (Wildman–Crippen LogP) is 0.883. The highest BCUT2D eigenvalue weighted by atomic mass is 16.5. The molecule has 6 nitrogen and oxygen atoms in total. The molecule has 0 bridgehead atoms. The molecule has 1 aliphatic heterocycles. The number of carbonyl (C=O) groups excluding carboxylic acids is 2. The molecule has 1 atom stereocenters. The number of ether oxygens (including phenoxy) is 1. The maximum absolute atomic E-state index is 11.7. The van der Waals surface area contributed by atoms with Gasteiger partial charge in [0, 0.05) is 7.05 Å². The van der Waals surface area contributed by atoms with Crippen molar-refractivity contribution in [2.24, 2.45) is 0 Å². The molecule has 0 radical (unpaired) electrons. The van der Waals surface area contributed by atoms with Crippen LogP contribution in [0.15, 0.2) is 24.3 Å². The molecule has 1 aliphatic rings. The molecule has 114 valence electrons. The van der Waals surface area contributed by atoms with Gasteiger partial charge in [-0.3, -0.25) is 9.69 Å².